The topological polar surface area (TPSA) is 195 Å². The number of hydrogen-bond acceptors (Lipinski definition) is 13. The van der Waals surface area contributed by atoms with Gasteiger partial charge < -0.3 is 40.4 Å². The molecule has 0 saturated carbocycles. The normalized spacial score (nSPS) is 26.5. The number of ketones is 2. The molecular weight excluding hydrogens is 650 g/mol. The molecule has 12 nitrogen and oxygen atoms in total. The van der Waals surface area contributed by atoms with Gasteiger partial charge in [-0.25, -0.2) is 4.98 Å². The fourth-order valence-electron chi connectivity index (χ4n) is 6.70. The van der Waals surface area contributed by atoms with E-state index in [1.54, 1.807) is 42.9 Å². The molecule has 14 heteroatoms. The maximum atomic E-state index is 13.9. The van der Waals surface area contributed by atoms with Crippen molar-refractivity contribution in [2.45, 2.75) is 62.4 Å². The standard InChI is InChI=1S/C33H31N3O9S.ClH/c1-14-27(37)18(34)10-22(44-14)45-20-12-33(42,21-13-46-32(36-21)15-6-8-35-9-7-15)11-17-24(20)31(41)26-25(29(17)39)28(38)16-4-3-5-19(43-2)23(16)30(26)40;/h3-9,13-14,18,20,22,27,37,39,41-42H,10-12,34H2,1-2H3;1H/t14?,18?,20-,22?,27?,33-;/m1./s1. The van der Waals surface area contributed by atoms with E-state index in [-0.39, 0.29) is 70.8 Å². The summed E-state index contributed by atoms with van der Waals surface area (Å²) < 4.78 is 17.6. The van der Waals surface area contributed by atoms with Gasteiger partial charge in [-0.05, 0) is 25.1 Å². The summed E-state index contributed by atoms with van der Waals surface area (Å²) >= 11 is 1.31. The van der Waals surface area contributed by atoms with Gasteiger partial charge in [0, 0.05) is 65.3 Å². The van der Waals surface area contributed by atoms with Crippen LogP contribution in [0.15, 0.2) is 48.1 Å². The van der Waals surface area contributed by atoms with Crippen LogP contribution < -0.4 is 10.5 Å². The number of methoxy groups -OCH3 is 1. The first-order valence-corrected chi connectivity index (χ1v) is 15.6. The Kier molecular flexibility index (Phi) is 8.59. The van der Waals surface area contributed by atoms with Crippen LogP contribution in [0.3, 0.4) is 0 Å². The molecule has 1 saturated heterocycles. The Morgan fingerprint density at radius 3 is 2.49 bits per heavy atom. The number of fused-ring (bicyclic) bond motifs is 3. The number of halogens is 1. The van der Waals surface area contributed by atoms with E-state index in [1.807, 2.05) is 0 Å². The number of nitrogens with two attached hydrogens (primary N) is 1. The van der Waals surface area contributed by atoms with Gasteiger partial charge in [0.15, 0.2) is 12.1 Å². The zero-order valence-electron chi connectivity index (χ0n) is 25.2. The molecule has 4 unspecified atom stereocenters. The number of aliphatic hydroxyl groups is 2. The highest BCUT2D eigenvalue weighted by molar-refractivity contribution is 7.13. The molecular formula is C33H32ClN3O9S. The van der Waals surface area contributed by atoms with E-state index in [0.29, 0.717) is 10.7 Å². The van der Waals surface area contributed by atoms with Crippen molar-refractivity contribution < 1.29 is 44.2 Å². The highest BCUT2D eigenvalue weighted by atomic mass is 35.5. The van der Waals surface area contributed by atoms with Crippen LogP contribution in [-0.2, 0) is 21.5 Å². The molecule has 1 fully saturated rings. The number of carbonyl (C=O) groups is 2. The third-order valence-electron chi connectivity index (χ3n) is 9.05. The summed E-state index contributed by atoms with van der Waals surface area (Å²) in [6.07, 6.45) is -0.766. The first kappa shape index (κ1) is 33.0. The Bertz CT molecular complexity index is 1870. The Hall–Kier alpha value is -3.95. The van der Waals surface area contributed by atoms with Crippen LogP contribution in [0.5, 0.6) is 17.2 Å². The highest BCUT2D eigenvalue weighted by Crippen LogP contribution is 2.54. The summed E-state index contributed by atoms with van der Waals surface area (Å²) in [5.41, 5.74) is 4.83. The first-order valence-electron chi connectivity index (χ1n) is 14.7. The van der Waals surface area contributed by atoms with Crippen molar-refractivity contribution in [3.05, 3.63) is 87.2 Å². The number of aromatic nitrogens is 2. The average Bonchev–Trinajstić information content (AvgIpc) is 3.56. The monoisotopic (exact) mass is 681 g/mol. The number of ether oxygens (including phenoxy) is 3. The number of carbonyl (C=O) groups excluding carboxylic acids is 2. The maximum Gasteiger partial charge on any atom is 0.202 e. The summed E-state index contributed by atoms with van der Waals surface area (Å²) in [5.74, 6) is -2.33. The van der Waals surface area contributed by atoms with Crippen LogP contribution in [0.25, 0.3) is 10.6 Å². The van der Waals surface area contributed by atoms with Crippen molar-refractivity contribution in [3.63, 3.8) is 0 Å². The quantitative estimate of drug-likeness (QED) is 0.170. The van der Waals surface area contributed by atoms with Crippen molar-refractivity contribution in [2.24, 2.45) is 5.73 Å². The molecule has 47 heavy (non-hydrogen) atoms. The third kappa shape index (κ3) is 5.28. The van der Waals surface area contributed by atoms with Crippen molar-refractivity contribution in [1.82, 2.24) is 9.97 Å². The number of aromatic hydroxyl groups is 2. The van der Waals surface area contributed by atoms with E-state index in [0.717, 1.165) is 5.56 Å². The molecule has 6 N–H and O–H groups in total. The summed E-state index contributed by atoms with van der Waals surface area (Å²) in [4.78, 5) is 36.5. The Morgan fingerprint density at radius 1 is 1.06 bits per heavy atom. The molecule has 246 valence electrons. The smallest absolute Gasteiger partial charge is 0.202 e. The Morgan fingerprint density at radius 2 is 1.79 bits per heavy atom. The van der Waals surface area contributed by atoms with Gasteiger partial charge in [0.25, 0.3) is 0 Å². The second kappa shape index (κ2) is 12.3. The van der Waals surface area contributed by atoms with Crippen LogP contribution in [0.4, 0.5) is 0 Å². The fourth-order valence-corrected chi connectivity index (χ4v) is 7.62. The molecule has 0 spiro atoms. The number of phenols is 2. The lowest BCUT2D eigenvalue weighted by molar-refractivity contribution is -0.248. The zero-order valence-corrected chi connectivity index (χ0v) is 26.9. The van der Waals surface area contributed by atoms with E-state index in [2.05, 4.69) is 4.98 Å². The molecule has 6 atom stereocenters. The number of rotatable bonds is 5. The summed E-state index contributed by atoms with van der Waals surface area (Å²) in [6.45, 7) is 1.65. The van der Waals surface area contributed by atoms with Gasteiger partial charge in [0.05, 0.1) is 47.8 Å². The number of pyridine rings is 1. The number of hydrogen-bond donors (Lipinski definition) is 5. The molecule has 1 aliphatic heterocycles. The predicted octanol–water partition coefficient (Wildman–Crippen LogP) is 3.54. The second-order valence-electron chi connectivity index (χ2n) is 11.9. The lowest BCUT2D eigenvalue weighted by Gasteiger charge is -2.42. The highest BCUT2D eigenvalue weighted by Gasteiger charge is 2.49. The van der Waals surface area contributed by atoms with E-state index >= 15 is 0 Å². The van der Waals surface area contributed by atoms with Gasteiger partial charge in [-0.15, -0.1) is 23.7 Å². The van der Waals surface area contributed by atoms with Gasteiger partial charge in [0.1, 0.15) is 27.9 Å². The van der Waals surface area contributed by atoms with Crippen molar-refractivity contribution in [3.8, 4) is 27.8 Å². The number of nitrogens with zero attached hydrogens (tertiary/aromatic N) is 2. The van der Waals surface area contributed by atoms with Crippen molar-refractivity contribution in [1.29, 1.82) is 0 Å². The third-order valence-corrected chi connectivity index (χ3v) is 9.94. The van der Waals surface area contributed by atoms with E-state index in [1.165, 1.54) is 30.6 Å². The number of thiazole rings is 1. The van der Waals surface area contributed by atoms with E-state index in [9.17, 15) is 30.0 Å². The fraction of sp³-hybridized carbons (Fsp3) is 0.333. The van der Waals surface area contributed by atoms with Crippen molar-refractivity contribution >= 4 is 35.3 Å². The van der Waals surface area contributed by atoms with Crippen LogP contribution >= 0.6 is 23.7 Å². The molecule has 0 amide bonds. The maximum absolute atomic E-state index is 13.9. The first-order chi connectivity index (χ1) is 22.0. The molecule has 2 aromatic carbocycles. The molecule has 2 aliphatic carbocycles. The summed E-state index contributed by atoms with van der Waals surface area (Å²) in [6, 6.07) is 7.45. The molecule has 7 rings (SSSR count). The van der Waals surface area contributed by atoms with Gasteiger partial charge >= 0.3 is 0 Å². The summed E-state index contributed by atoms with van der Waals surface area (Å²) in [7, 11) is 1.36. The molecule has 3 aliphatic rings. The lowest BCUT2D eigenvalue weighted by Crippen LogP contribution is -2.52. The molecule has 0 radical (unpaired) electrons. The molecule has 4 aromatic rings. The molecule has 3 heterocycles. The van der Waals surface area contributed by atoms with Gasteiger partial charge in [-0.3, -0.25) is 14.6 Å². The van der Waals surface area contributed by atoms with Gasteiger partial charge in [-0.1, -0.05) is 12.1 Å². The molecule has 0 bridgehead atoms. The minimum absolute atomic E-state index is 0. The molecule has 2 aromatic heterocycles. The predicted molar refractivity (Wildman–Crippen MR) is 171 cm³/mol. The minimum Gasteiger partial charge on any atom is -0.507 e. The number of benzene rings is 2. The van der Waals surface area contributed by atoms with Gasteiger partial charge in [-0.2, -0.15) is 0 Å². The Balaban J connectivity index is 0.00000386. The zero-order chi connectivity index (χ0) is 32.5. The SMILES string of the molecule is COc1cccc2c1C(=O)c1c(O)c3c(c(O)c1C2=O)C[C@](O)(c1csc(-c2ccncc2)n1)C[C@H]3OC1CC(N)C(O)C(C)O1.Cl. The van der Waals surface area contributed by atoms with Crippen LogP contribution in [-0.4, -0.2) is 73.6 Å². The number of phenolic OH excluding ortho intramolecular Hbond substituents is 2. The number of aliphatic hydroxyl groups excluding tert-OH is 1. The minimum atomic E-state index is -1.73. The van der Waals surface area contributed by atoms with Crippen LogP contribution in [0, 0.1) is 0 Å². The Labute approximate surface area is 279 Å². The summed E-state index contributed by atoms with van der Waals surface area (Å²) in [5, 5.41) is 48.5. The lowest BCUT2D eigenvalue weighted by atomic mass is 9.72. The van der Waals surface area contributed by atoms with Gasteiger partial charge in [0.2, 0.25) is 5.78 Å². The van der Waals surface area contributed by atoms with Crippen LogP contribution in [0.1, 0.15) is 74.5 Å². The van der Waals surface area contributed by atoms with E-state index in [4.69, 9.17) is 24.9 Å². The largest absolute Gasteiger partial charge is 0.507 e. The average molecular weight is 682 g/mol. The van der Waals surface area contributed by atoms with Crippen LogP contribution in [0.2, 0.25) is 0 Å². The van der Waals surface area contributed by atoms with Crippen molar-refractivity contribution in [2.75, 3.05) is 7.11 Å². The second-order valence-corrected chi connectivity index (χ2v) is 12.7. The van der Waals surface area contributed by atoms with E-state index < -0.39 is 59.3 Å².